The van der Waals surface area contributed by atoms with Crippen LogP contribution >= 0.6 is 0 Å². The summed E-state index contributed by atoms with van der Waals surface area (Å²) in [5.74, 6) is -0.552. The largest absolute Gasteiger partial charge is 0.511 e. The monoisotopic (exact) mass is 702 g/mol. The maximum Gasteiger partial charge on any atom is 0.511 e. The molecule has 0 unspecified atom stereocenters. The van der Waals surface area contributed by atoms with E-state index in [9.17, 15) is 18.0 Å². The van der Waals surface area contributed by atoms with Crippen LogP contribution in [-0.2, 0) is 24.3 Å². The first-order valence-corrected chi connectivity index (χ1v) is 16.4. The van der Waals surface area contributed by atoms with Crippen LogP contribution in [-0.4, -0.2) is 54.2 Å². The molecule has 266 valence electrons. The smallest absolute Gasteiger partial charge is 0.491 e. The van der Waals surface area contributed by atoms with Crippen LogP contribution in [0.2, 0.25) is 0 Å². The highest BCUT2D eigenvalue weighted by atomic mass is 19.4. The number of aryl methyl sites for hydroxylation is 3. The van der Waals surface area contributed by atoms with Gasteiger partial charge in [0.1, 0.15) is 22.8 Å². The third-order valence-corrected chi connectivity index (χ3v) is 8.15. The summed E-state index contributed by atoms with van der Waals surface area (Å²) >= 11 is 0. The lowest BCUT2D eigenvalue weighted by atomic mass is 10.0. The fourth-order valence-corrected chi connectivity index (χ4v) is 5.66. The van der Waals surface area contributed by atoms with Gasteiger partial charge in [0.25, 0.3) is 0 Å². The molecule has 4 aromatic carbocycles. The van der Waals surface area contributed by atoms with Crippen LogP contribution in [0.1, 0.15) is 43.1 Å². The topological polar surface area (TPSA) is 129 Å². The number of para-hydroxylation sites is 3. The van der Waals surface area contributed by atoms with Crippen LogP contribution in [0, 0.1) is 6.92 Å². The highest BCUT2D eigenvalue weighted by Crippen LogP contribution is 2.33. The maximum atomic E-state index is 11.2. The summed E-state index contributed by atoms with van der Waals surface area (Å²) in [6.45, 7) is 6.34. The molecule has 0 saturated heterocycles. The van der Waals surface area contributed by atoms with Crippen molar-refractivity contribution in [3.63, 3.8) is 0 Å². The minimum atomic E-state index is -5.08. The van der Waals surface area contributed by atoms with Crippen molar-refractivity contribution in [3.8, 4) is 22.6 Å². The fourth-order valence-electron chi connectivity index (χ4n) is 5.66. The number of aliphatic carboxylic acids is 1. The predicted molar refractivity (Wildman–Crippen MR) is 186 cm³/mol. The van der Waals surface area contributed by atoms with Gasteiger partial charge in [-0.15, -0.1) is 0 Å². The molecule has 0 saturated carbocycles. The molecule has 10 nitrogen and oxygen atoms in total. The van der Waals surface area contributed by atoms with Gasteiger partial charge in [-0.05, 0) is 60.7 Å². The SMILES string of the molecule is CCCCc1nc2c(C)ccc(OCCCn3cnc4ccccc43)c2n1Cc1ccc(-c2ccccc2OC(=O)O)cc1.O=C(O)C(F)(F)F. The molecule has 0 radical (unpaired) electrons. The summed E-state index contributed by atoms with van der Waals surface area (Å²) in [5.41, 5.74) is 7.99. The number of halogens is 3. The number of hydrogen-bond acceptors (Lipinski definition) is 6. The first-order chi connectivity index (χ1) is 24.5. The van der Waals surface area contributed by atoms with E-state index >= 15 is 0 Å². The van der Waals surface area contributed by atoms with Crippen molar-refractivity contribution in [3.05, 3.63) is 108 Å². The number of imidazole rings is 2. The molecular weight excluding hydrogens is 665 g/mol. The molecule has 13 heteroatoms. The Morgan fingerprint density at radius 3 is 2.29 bits per heavy atom. The zero-order chi connectivity index (χ0) is 36.5. The van der Waals surface area contributed by atoms with Gasteiger partial charge in [-0.3, -0.25) is 0 Å². The summed E-state index contributed by atoms with van der Waals surface area (Å²) in [6, 6.07) is 27.7. The van der Waals surface area contributed by atoms with E-state index in [1.807, 2.05) is 48.8 Å². The minimum Gasteiger partial charge on any atom is -0.491 e. The number of ether oxygens (including phenoxy) is 2. The van der Waals surface area contributed by atoms with Gasteiger partial charge in [-0.2, -0.15) is 13.2 Å². The van der Waals surface area contributed by atoms with Crippen LogP contribution in [0.5, 0.6) is 11.5 Å². The minimum absolute atomic E-state index is 0.314. The Morgan fingerprint density at radius 2 is 1.59 bits per heavy atom. The second-order valence-corrected chi connectivity index (χ2v) is 11.8. The number of rotatable bonds is 12. The first kappa shape index (κ1) is 36.4. The molecule has 2 N–H and O–H groups in total. The first-order valence-electron chi connectivity index (χ1n) is 16.4. The Hall–Kier alpha value is -5.85. The zero-order valence-electron chi connectivity index (χ0n) is 28.1. The normalized spacial score (nSPS) is 11.3. The molecular formula is C38H37F3N4O6. The molecule has 0 atom stereocenters. The van der Waals surface area contributed by atoms with Gasteiger partial charge in [0.2, 0.25) is 0 Å². The number of unbranched alkanes of at least 4 members (excludes halogenated alkanes) is 1. The molecule has 0 bridgehead atoms. The summed E-state index contributed by atoms with van der Waals surface area (Å²) < 4.78 is 47.7. The van der Waals surface area contributed by atoms with Crippen molar-refractivity contribution < 1.29 is 42.4 Å². The number of carboxylic acids is 1. The molecule has 0 amide bonds. The van der Waals surface area contributed by atoms with Crippen LogP contribution in [0.4, 0.5) is 18.0 Å². The van der Waals surface area contributed by atoms with E-state index in [0.29, 0.717) is 18.9 Å². The maximum absolute atomic E-state index is 11.2. The van der Waals surface area contributed by atoms with Gasteiger partial charge < -0.3 is 28.8 Å². The molecule has 0 spiro atoms. The third kappa shape index (κ3) is 9.04. The van der Waals surface area contributed by atoms with E-state index in [1.54, 1.807) is 12.1 Å². The summed E-state index contributed by atoms with van der Waals surface area (Å²) in [7, 11) is 0. The second kappa shape index (κ2) is 16.2. The van der Waals surface area contributed by atoms with E-state index in [4.69, 9.17) is 29.5 Å². The van der Waals surface area contributed by atoms with Crippen LogP contribution in [0.3, 0.4) is 0 Å². The Kier molecular flexibility index (Phi) is 11.6. The average Bonchev–Trinajstić information content (AvgIpc) is 3.69. The third-order valence-electron chi connectivity index (χ3n) is 8.15. The van der Waals surface area contributed by atoms with Crippen LogP contribution < -0.4 is 9.47 Å². The molecule has 6 aromatic rings. The summed E-state index contributed by atoms with van der Waals surface area (Å²) in [4.78, 5) is 29.7. The molecule has 0 aliphatic rings. The average molecular weight is 703 g/mol. The van der Waals surface area contributed by atoms with Crippen molar-refractivity contribution in [1.82, 2.24) is 19.1 Å². The number of hydrogen-bond donors (Lipinski definition) is 2. The second-order valence-electron chi connectivity index (χ2n) is 11.8. The summed E-state index contributed by atoms with van der Waals surface area (Å²) in [5, 5.41) is 16.3. The Bertz CT molecular complexity index is 2120. The number of benzene rings is 4. The van der Waals surface area contributed by atoms with E-state index in [1.165, 1.54) is 0 Å². The van der Waals surface area contributed by atoms with Gasteiger partial charge in [0.05, 0.1) is 29.5 Å². The number of carboxylic acid groups (broad SMARTS) is 2. The molecule has 0 aliphatic carbocycles. The van der Waals surface area contributed by atoms with Crippen molar-refractivity contribution >= 4 is 34.2 Å². The lowest BCUT2D eigenvalue weighted by Crippen LogP contribution is -2.21. The Labute approximate surface area is 291 Å². The number of nitrogens with zero attached hydrogens (tertiary/aromatic N) is 4. The number of fused-ring (bicyclic) bond motifs is 2. The van der Waals surface area contributed by atoms with Gasteiger partial charge in [-0.25, -0.2) is 19.6 Å². The zero-order valence-corrected chi connectivity index (χ0v) is 28.1. The van der Waals surface area contributed by atoms with Gasteiger partial charge in [0.15, 0.2) is 0 Å². The molecule has 2 aromatic heterocycles. The van der Waals surface area contributed by atoms with E-state index in [0.717, 1.165) is 88.1 Å². The Balaban J connectivity index is 0.000000654. The van der Waals surface area contributed by atoms with Crippen molar-refractivity contribution in [2.75, 3.05) is 6.61 Å². The summed E-state index contributed by atoms with van der Waals surface area (Å²) in [6.07, 6.45) is -0.647. The highest BCUT2D eigenvalue weighted by molar-refractivity contribution is 5.86. The highest BCUT2D eigenvalue weighted by Gasteiger charge is 2.38. The van der Waals surface area contributed by atoms with Crippen molar-refractivity contribution in [2.24, 2.45) is 0 Å². The molecule has 2 heterocycles. The number of alkyl halides is 3. The van der Waals surface area contributed by atoms with Crippen molar-refractivity contribution in [2.45, 2.75) is 58.8 Å². The van der Waals surface area contributed by atoms with E-state index in [-0.39, 0.29) is 0 Å². The standard InChI is InChI=1S/C36H36N4O4.C2HF3O2/c1-3-4-14-33-38-34-25(2)15-20-32(43-22-9-21-39-24-37-29-11-6-7-12-30(29)39)35(34)40(33)23-26-16-18-27(19-17-26)28-10-5-8-13-31(28)44-36(41)42;3-2(4,5)1(6)7/h5-8,10-13,15-20,24H,3-4,9,14,21-23H2,1-2H3,(H,41,42);(H,6,7). The lowest BCUT2D eigenvalue weighted by molar-refractivity contribution is -0.192. The molecule has 0 fully saturated rings. The van der Waals surface area contributed by atoms with Crippen LogP contribution in [0.25, 0.3) is 33.2 Å². The lowest BCUT2D eigenvalue weighted by Gasteiger charge is -2.14. The van der Waals surface area contributed by atoms with E-state index < -0.39 is 18.3 Å². The molecule has 0 aliphatic heterocycles. The Morgan fingerprint density at radius 1 is 0.882 bits per heavy atom. The quantitative estimate of drug-likeness (QED) is 0.0735. The van der Waals surface area contributed by atoms with Crippen LogP contribution in [0.15, 0.2) is 91.3 Å². The fraction of sp³-hybridized carbons (Fsp3) is 0.263. The van der Waals surface area contributed by atoms with E-state index in [2.05, 4.69) is 58.3 Å². The number of aromatic nitrogens is 4. The predicted octanol–water partition coefficient (Wildman–Crippen LogP) is 8.91. The van der Waals surface area contributed by atoms with Gasteiger partial charge >= 0.3 is 18.3 Å². The van der Waals surface area contributed by atoms with Gasteiger partial charge in [0, 0.05) is 25.1 Å². The van der Waals surface area contributed by atoms with Crippen molar-refractivity contribution in [1.29, 1.82) is 0 Å². The molecule has 51 heavy (non-hydrogen) atoms. The molecule has 6 rings (SSSR count). The number of carbonyl (C=O) groups is 2. The van der Waals surface area contributed by atoms with Gasteiger partial charge in [-0.1, -0.05) is 74.0 Å².